The number of terminal acetylenes is 1. The summed E-state index contributed by atoms with van der Waals surface area (Å²) in [7, 11) is 0. The van der Waals surface area contributed by atoms with Crippen LogP contribution in [-0.4, -0.2) is 46.4 Å². The van der Waals surface area contributed by atoms with Crippen molar-refractivity contribution in [1.29, 1.82) is 0 Å². The predicted molar refractivity (Wildman–Crippen MR) is 115 cm³/mol. The maximum Gasteiger partial charge on any atom is 0.262 e. The van der Waals surface area contributed by atoms with Crippen molar-refractivity contribution < 1.29 is 9.69 Å². The number of carbonyl (C=O) groups is 1. The number of para-hydroxylation sites is 1. The summed E-state index contributed by atoms with van der Waals surface area (Å²) in [6.45, 7) is 10.3. The second-order valence-electron chi connectivity index (χ2n) is 7.27. The van der Waals surface area contributed by atoms with Gasteiger partial charge in [0.15, 0.2) is 5.16 Å². The molecule has 2 N–H and O–H groups in total. The van der Waals surface area contributed by atoms with Crippen LogP contribution in [0.3, 0.4) is 0 Å². The van der Waals surface area contributed by atoms with E-state index in [1.54, 1.807) is 10.6 Å². The minimum Gasteiger partial charge on any atom is -0.344 e. The SMILES string of the molecule is C#CCNC(=O)CSc1nc2ccccc2c(=O)n1CC[NH+](C(C)C)C(C)C. The summed E-state index contributed by atoms with van der Waals surface area (Å²) in [6, 6.07) is 8.23. The van der Waals surface area contributed by atoms with Gasteiger partial charge >= 0.3 is 0 Å². The lowest BCUT2D eigenvalue weighted by Gasteiger charge is -2.28. The van der Waals surface area contributed by atoms with Crippen LogP contribution in [0.5, 0.6) is 0 Å². The molecule has 1 aromatic carbocycles. The molecule has 0 aliphatic carbocycles. The van der Waals surface area contributed by atoms with E-state index in [-0.39, 0.29) is 23.8 Å². The predicted octanol–water partition coefficient (Wildman–Crippen LogP) is 0.940. The number of benzene rings is 1. The van der Waals surface area contributed by atoms with Crippen LogP contribution in [0.2, 0.25) is 0 Å². The highest BCUT2D eigenvalue weighted by atomic mass is 32.2. The lowest BCUT2D eigenvalue weighted by molar-refractivity contribution is -0.942. The molecule has 7 heteroatoms. The highest BCUT2D eigenvalue weighted by Crippen LogP contribution is 2.17. The van der Waals surface area contributed by atoms with Crippen molar-refractivity contribution >= 4 is 28.6 Å². The number of thioether (sulfide) groups is 1. The van der Waals surface area contributed by atoms with Crippen LogP contribution < -0.4 is 15.8 Å². The van der Waals surface area contributed by atoms with Crippen LogP contribution in [-0.2, 0) is 11.3 Å². The molecule has 0 aliphatic rings. The van der Waals surface area contributed by atoms with Crippen molar-refractivity contribution in [2.24, 2.45) is 0 Å². The number of rotatable bonds is 9. The highest BCUT2D eigenvalue weighted by molar-refractivity contribution is 7.99. The van der Waals surface area contributed by atoms with Crippen LogP contribution in [0.1, 0.15) is 27.7 Å². The third-order valence-corrected chi connectivity index (χ3v) is 5.63. The quantitative estimate of drug-likeness (QED) is 0.373. The molecule has 0 saturated carbocycles. The fraction of sp³-hybridized carbons (Fsp3) is 0.476. The van der Waals surface area contributed by atoms with Crippen molar-refractivity contribution in [3.63, 3.8) is 0 Å². The van der Waals surface area contributed by atoms with Gasteiger partial charge in [0.25, 0.3) is 5.56 Å². The number of nitrogens with one attached hydrogen (secondary N) is 2. The van der Waals surface area contributed by atoms with E-state index < -0.39 is 0 Å². The molecule has 150 valence electrons. The standard InChI is InChI=1S/C21H28N4O2S/c1-6-11-22-19(26)14-28-21-23-18-10-8-7-9-17(18)20(27)25(21)13-12-24(15(2)3)16(4)5/h1,7-10,15-16H,11-14H2,2-5H3,(H,22,26)/p+1. The number of hydrogen-bond acceptors (Lipinski definition) is 4. The molecular formula is C21H29N4O2S+. The first kappa shape index (κ1) is 22.0. The van der Waals surface area contributed by atoms with Crippen LogP contribution in [0.15, 0.2) is 34.2 Å². The molecule has 0 aliphatic heterocycles. The van der Waals surface area contributed by atoms with Crippen LogP contribution in [0, 0.1) is 12.3 Å². The molecule has 0 atom stereocenters. The Kier molecular flexibility index (Phi) is 8.09. The van der Waals surface area contributed by atoms with Crippen LogP contribution in [0.4, 0.5) is 0 Å². The smallest absolute Gasteiger partial charge is 0.262 e. The van der Waals surface area contributed by atoms with E-state index in [1.807, 2.05) is 18.2 Å². The van der Waals surface area contributed by atoms with E-state index in [9.17, 15) is 9.59 Å². The molecule has 6 nitrogen and oxygen atoms in total. The first-order valence-electron chi connectivity index (χ1n) is 9.53. The van der Waals surface area contributed by atoms with Gasteiger partial charge in [0.05, 0.1) is 48.4 Å². The first-order valence-corrected chi connectivity index (χ1v) is 10.5. The largest absolute Gasteiger partial charge is 0.344 e. The average Bonchev–Trinajstić information content (AvgIpc) is 2.66. The minimum absolute atomic E-state index is 0.0657. The lowest BCUT2D eigenvalue weighted by atomic mass is 10.2. The molecular weight excluding hydrogens is 372 g/mol. The monoisotopic (exact) mass is 401 g/mol. The van der Waals surface area contributed by atoms with Crippen LogP contribution in [0.25, 0.3) is 10.9 Å². The van der Waals surface area contributed by atoms with Gasteiger partial charge in [-0.1, -0.05) is 29.8 Å². The lowest BCUT2D eigenvalue weighted by Crippen LogP contribution is -3.18. The Morgan fingerprint density at radius 1 is 1.29 bits per heavy atom. The maximum atomic E-state index is 13.1. The molecule has 0 fully saturated rings. The summed E-state index contributed by atoms with van der Waals surface area (Å²) < 4.78 is 1.70. The molecule has 1 amide bonds. The zero-order valence-corrected chi connectivity index (χ0v) is 17.8. The van der Waals surface area contributed by atoms with Gasteiger partial charge in [-0.15, -0.1) is 6.42 Å². The van der Waals surface area contributed by atoms with E-state index in [2.05, 4.69) is 43.9 Å². The van der Waals surface area contributed by atoms with Gasteiger partial charge in [0, 0.05) is 0 Å². The van der Waals surface area contributed by atoms with Gasteiger partial charge in [-0.3, -0.25) is 14.2 Å². The Morgan fingerprint density at radius 3 is 2.61 bits per heavy atom. The molecule has 1 aromatic heterocycles. The summed E-state index contributed by atoms with van der Waals surface area (Å²) >= 11 is 1.27. The second kappa shape index (κ2) is 10.3. The van der Waals surface area contributed by atoms with Crippen molar-refractivity contribution in [1.82, 2.24) is 14.9 Å². The summed E-state index contributed by atoms with van der Waals surface area (Å²) in [4.78, 5) is 31.1. The maximum absolute atomic E-state index is 13.1. The first-order chi connectivity index (χ1) is 13.3. The number of quaternary nitrogens is 1. The fourth-order valence-electron chi connectivity index (χ4n) is 3.27. The third kappa shape index (κ3) is 5.60. The molecule has 0 spiro atoms. The van der Waals surface area contributed by atoms with E-state index in [4.69, 9.17) is 6.42 Å². The number of fused-ring (bicyclic) bond motifs is 1. The molecule has 2 aromatic rings. The van der Waals surface area contributed by atoms with Gasteiger partial charge in [-0.05, 0) is 39.8 Å². The van der Waals surface area contributed by atoms with E-state index >= 15 is 0 Å². The zero-order valence-electron chi connectivity index (χ0n) is 17.0. The Balaban J connectivity index is 2.32. The van der Waals surface area contributed by atoms with Crippen molar-refractivity contribution in [2.45, 2.75) is 51.5 Å². The zero-order chi connectivity index (χ0) is 20.7. The fourth-order valence-corrected chi connectivity index (χ4v) is 4.13. The van der Waals surface area contributed by atoms with Gasteiger partial charge in [-0.2, -0.15) is 0 Å². The van der Waals surface area contributed by atoms with Gasteiger partial charge < -0.3 is 10.2 Å². The van der Waals surface area contributed by atoms with Gasteiger partial charge in [0.1, 0.15) is 0 Å². The Morgan fingerprint density at radius 2 is 1.96 bits per heavy atom. The topological polar surface area (TPSA) is 68.4 Å². The third-order valence-electron chi connectivity index (χ3n) is 4.65. The van der Waals surface area contributed by atoms with Gasteiger partial charge in [0.2, 0.25) is 5.91 Å². The van der Waals surface area contributed by atoms with Gasteiger partial charge in [-0.25, -0.2) is 4.98 Å². The number of hydrogen-bond donors (Lipinski definition) is 2. The number of aromatic nitrogens is 2. The normalized spacial score (nSPS) is 11.4. The van der Waals surface area contributed by atoms with E-state index in [1.165, 1.54) is 16.7 Å². The average molecular weight is 402 g/mol. The molecule has 1 heterocycles. The minimum atomic E-state index is -0.173. The van der Waals surface area contributed by atoms with Crippen molar-refractivity contribution in [2.75, 3.05) is 18.8 Å². The Hall–Kier alpha value is -2.30. The van der Waals surface area contributed by atoms with Crippen molar-refractivity contribution in [3.05, 3.63) is 34.6 Å². The number of amides is 1. The summed E-state index contributed by atoms with van der Waals surface area (Å²) in [6.07, 6.45) is 5.18. The van der Waals surface area contributed by atoms with E-state index in [0.717, 1.165) is 6.54 Å². The summed E-state index contributed by atoms with van der Waals surface area (Å²) in [5, 5.41) is 3.80. The molecule has 0 unspecified atom stereocenters. The van der Waals surface area contributed by atoms with E-state index in [0.29, 0.717) is 34.7 Å². The molecule has 28 heavy (non-hydrogen) atoms. The summed E-state index contributed by atoms with van der Waals surface area (Å²) in [5.41, 5.74) is 0.580. The molecule has 2 rings (SSSR count). The van der Waals surface area contributed by atoms with Crippen molar-refractivity contribution in [3.8, 4) is 12.3 Å². The Labute approximate surface area is 170 Å². The Bertz CT molecular complexity index is 907. The highest BCUT2D eigenvalue weighted by Gasteiger charge is 2.19. The second-order valence-corrected chi connectivity index (χ2v) is 8.21. The number of nitrogens with zero attached hydrogens (tertiary/aromatic N) is 2. The molecule has 0 bridgehead atoms. The van der Waals surface area contributed by atoms with Crippen LogP contribution >= 0.6 is 11.8 Å². The molecule has 0 saturated heterocycles. The summed E-state index contributed by atoms with van der Waals surface area (Å²) in [5.74, 6) is 2.37. The molecule has 0 radical (unpaired) electrons. The number of carbonyl (C=O) groups excluding carboxylic acids is 1.